The van der Waals surface area contributed by atoms with Crippen molar-refractivity contribution in [2.24, 2.45) is 17.6 Å². The summed E-state index contributed by atoms with van der Waals surface area (Å²) in [5.41, 5.74) is 6.75. The zero-order chi connectivity index (χ0) is 12.3. The first-order valence-corrected chi connectivity index (χ1v) is 6.72. The second-order valence-corrected chi connectivity index (χ2v) is 5.39. The molecule has 0 saturated heterocycles. The zero-order valence-electron chi connectivity index (χ0n) is 9.96. The Morgan fingerprint density at radius 2 is 2.06 bits per heavy atom. The van der Waals surface area contributed by atoms with Gasteiger partial charge in [0, 0.05) is 5.02 Å². The van der Waals surface area contributed by atoms with E-state index in [0.717, 1.165) is 12.0 Å². The number of hydrogen-bond donors (Lipinski definition) is 1. The molecular formula is C14H19ClFN. The predicted molar refractivity (Wildman–Crippen MR) is 69.6 cm³/mol. The third-order valence-electron chi connectivity index (χ3n) is 3.86. The van der Waals surface area contributed by atoms with Gasteiger partial charge in [-0.15, -0.1) is 0 Å². The molecule has 0 aromatic heterocycles. The van der Waals surface area contributed by atoms with Crippen LogP contribution in [0, 0.1) is 17.7 Å². The van der Waals surface area contributed by atoms with E-state index in [-0.39, 0.29) is 5.82 Å². The summed E-state index contributed by atoms with van der Waals surface area (Å²) in [5.74, 6) is 0.919. The number of hydrogen-bond acceptors (Lipinski definition) is 1. The lowest BCUT2D eigenvalue weighted by molar-refractivity contribution is 0.344. The van der Waals surface area contributed by atoms with E-state index in [1.54, 1.807) is 12.1 Å². The minimum Gasteiger partial charge on any atom is -0.330 e. The monoisotopic (exact) mass is 255 g/mol. The molecule has 1 aromatic rings. The van der Waals surface area contributed by atoms with Crippen LogP contribution in [0.5, 0.6) is 0 Å². The molecule has 1 atom stereocenters. The molecule has 3 heteroatoms. The Kier molecular flexibility index (Phi) is 4.41. The van der Waals surface area contributed by atoms with Gasteiger partial charge in [0.2, 0.25) is 0 Å². The highest BCUT2D eigenvalue weighted by molar-refractivity contribution is 6.31. The van der Waals surface area contributed by atoms with Crippen LogP contribution in [0.4, 0.5) is 4.39 Å². The minimum absolute atomic E-state index is 0.216. The van der Waals surface area contributed by atoms with Crippen molar-refractivity contribution in [1.29, 1.82) is 0 Å². The SMILES string of the molecule is NCC(Cc1cc(F)ccc1Cl)C1CCCC1. The van der Waals surface area contributed by atoms with Gasteiger partial charge < -0.3 is 5.73 Å². The molecule has 1 fully saturated rings. The lowest BCUT2D eigenvalue weighted by Crippen LogP contribution is -2.24. The van der Waals surface area contributed by atoms with E-state index in [1.165, 1.54) is 31.7 Å². The molecular weight excluding hydrogens is 237 g/mol. The Morgan fingerprint density at radius 3 is 2.71 bits per heavy atom. The van der Waals surface area contributed by atoms with E-state index >= 15 is 0 Å². The predicted octanol–water partition coefficient (Wildman–Crippen LogP) is 3.79. The highest BCUT2D eigenvalue weighted by Crippen LogP contribution is 2.33. The lowest BCUT2D eigenvalue weighted by atomic mass is 9.85. The number of nitrogens with two attached hydrogens (primary N) is 1. The molecule has 0 bridgehead atoms. The Morgan fingerprint density at radius 1 is 1.35 bits per heavy atom. The van der Waals surface area contributed by atoms with Gasteiger partial charge in [0.1, 0.15) is 5.82 Å². The molecule has 0 spiro atoms. The van der Waals surface area contributed by atoms with Crippen molar-refractivity contribution < 1.29 is 4.39 Å². The van der Waals surface area contributed by atoms with E-state index in [0.29, 0.717) is 23.4 Å². The van der Waals surface area contributed by atoms with Crippen molar-refractivity contribution in [3.63, 3.8) is 0 Å². The maximum atomic E-state index is 13.2. The molecule has 0 heterocycles. The van der Waals surface area contributed by atoms with E-state index in [1.807, 2.05) is 0 Å². The van der Waals surface area contributed by atoms with E-state index in [2.05, 4.69) is 0 Å². The first-order valence-electron chi connectivity index (χ1n) is 6.34. The maximum absolute atomic E-state index is 13.2. The van der Waals surface area contributed by atoms with Crippen LogP contribution in [0.1, 0.15) is 31.2 Å². The molecule has 1 saturated carbocycles. The summed E-state index contributed by atoms with van der Waals surface area (Å²) < 4.78 is 13.2. The van der Waals surface area contributed by atoms with E-state index in [4.69, 9.17) is 17.3 Å². The second kappa shape index (κ2) is 5.83. The maximum Gasteiger partial charge on any atom is 0.123 e. The summed E-state index contributed by atoms with van der Waals surface area (Å²) in [6, 6.07) is 4.58. The highest BCUT2D eigenvalue weighted by atomic mass is 35.5. The standard InChI is InChI=1S/C14H19ClFN/c15-14-6-5-13(16)8-11(14)7-12(9-17)10-3-1-2-4-10/h5-6,8,10,12H,1-4,7,9,17H2. The summed E-state index contributed by atoms with van der Waals surface area (Å²) in [5, 5.41) is 0.655. The molecule has 1 aliphatic carbocycles. The minimum atomic E-state index is -0.216. The number of halogens is 2. The van der Waals surface area contributed by atoms with Crippen molar-refractivity contribution in [2.45, 2.75) is 32.1 Å². The van der Waals surface area contributed by atoms with E-state index < -0.39 is 0 Å². The van der Waals surface area contributed by atoms with Crippen LogP contribution in [0.3, 0.4) is 0 Å². The molecule has 17 heavy (non-hydrogen) atoms. The van der Waals surface area contributed by atoms with Crippen LogP contribution in [-0.4, -0.2) is 6.54 Å². The van der Waals surface area contributed by atoms with Crippen LogP contribution in [0.15, 0.2) is 18.2 Å². The van der Waals surface area contributed by atoms with Gasteiger partial charge in [-0.3, -0.25) is 0 Å². The third-order valence-corrected chi connectivity index (χ3v) is 4.23. The summed E-state index contributed by atoms with van der Waals surface area (Å²) in [4.78, 5) is 0. The Labute approximate surface area is 107 Å². The van der Waals surface area contributed by atoms with Gasteiger partial charge in [0.15, 0.2) is 0 Å². The van der Waals surface area contributed by atoms with Gasteiger partial charge in [0.05, 0.1) is 0 Å². The largest absolute Gasteiger partial charge is 0.330 e. The van der Waals surface area contributed by atoms with E-state index in [9.17, 15) is 4.39 Å². The molecule has 1 nitrogen and oxygen atoms in total. The molecule has 0 amide bonds. The van der Waals surface area contributed by atoms with Gasteiger partial charge in [-0.1, -0.05) is 37.3 Å². The Hall–Kier alpha value is -0.600. The lowest BCUT2D eigenvalue weighted by Gasteiger charge is -2.22. The van der Waals surface area contributed by atoms with Crippen LogP contribution < -0.4 is 5.73 Å². The Bertz CT molecular complexity index is 374. The first kappa shape index (κ1) is 12.8. The van der Waals surface area contributed by atoms with Gasteiger partial charge >= 0.3 is 0 Å². The van der Waals surface area contributed by atoms with Crippen LogP contribution in [-0.2, 0) is 6.42 Å². The molecule has 1 aliphatic rings. The molecule has 0 radical (unpaired) electrons. The van der Waals surface area contributed by atoms with Crippen molar-refractivity contribution in [3.8, 4) is 0 Å². The molecule has 1 unspecified atom stereocenters. The molecule has 0 aliphatic heterocycles. The normalized spacial score (nSPS) is 18.5. The van der Waals surface area contributed by atoms with Gasteiger partial charge in [-0.25, -0.2) is 4.39 Å². The van der Waals surface area contributed by atoms with Crippen LogP contribution in [0.2, 0.25) is 5.02 Å². The van der Waals surface area contributed by atoms with Gasteiger partial charge in [-0.05, 0) is 48.6 Å². The smallest absolute Gasteiger partial charge is 0.123 e. The van der Waals surface area contributed by atoms with Gasteiger partial charge in [-0.2, -0.15) is 0 Å². The van der Waals surface area contributed by atoms with Crippen molar-refractivity contribution >= 4 is 11.6 Å². The van der Waals surface area contributed by atoms with Crippen molar-refractivity contribution in [1.82, 2.24) is 0 Å². The quantitative estimate of drug-likeness (QED) is 0.871. The highest BCUT2D eigenvalue weighted by Gasteiger charge is 2.24. The fraction of sp³-hybridized carbons (Fsp3) is 0.571. The van der Waals surface area contributed by atoms with Crippen molar-refractivity contribution in [2.75, 3.05) is 6.54 Å². The van der Waals surface area contributed by atoms with Crippen LogP contribution in [0.25, 0.3) is 0 Å². The van der Waals surface area contributed by atoms with Gasteiger partial charge in [0.25, 0.3) is 0 Å². The average molecular weight is 256 g/mol. The van der Waals surface area contributed by atoms with Crippen molar-refractivity contribution in [3.05, 3.63) is 34.6 Å². The summed E-state index contributed by atoms with van der Waals surface area (Å²) in [7, 11) is 0. The fourth-order valence-corrected chi connectivity index (χ4v) is 3.05. The van der Waals surface area contributed by atoms with Crippen LogP contribution >= 0.6 is 11.6 Å². The zero-order valence-corrected chi connectivity index (χ0v) is 10.7. The number of benzene rings is 1. The summed E-state index contributed by atoms with van der Waals surface area (Å²) in [6.07, 6.45) is 5.93. The summed E-state index contributed by atoms with van der Waals surface area (Å²) in [6.45, 7) is 0.664. The molecule has 2 N–H and O–H groups in total. The summed E-state index contributed by atoms with van der Waals surface area (Å²) >= 11 is 6.10. The molecule has 2 rings (SSSR count). The molecule has 94 valence electrons. The molecule has 1 aromatic carbocycles. The topological polar surface area (TPSA) is 26.0 Å². The number of rotatable bonds is 4. The first-order chi connectivity index (χ1) is 8.20. The Balaban J connectivity index is 2.09. The fourth-order valence-electron chi connectivity index (χ4n) is 2.85. The second-order valence-electron chi connectivity index (χ2n) is 4.98. The average Bonchev–Trinajstić information content (AvgIpc) is 2.84. The third kappa shape index (κ3) is 3.20.